The minimum Gasteiger partial charge on any atom is -0.453 e. The van der Waals surface area contributed by atoms with Gasteiger partial charge >= 0.3 is 0 Å². The molecule has 96 valence electrons. The lowest BCUT2D eigenvalue weighted by molar-refractivity contribution is 0.197. The first kappa shape index (κ1) is 13.1. The first-order valence-corrected chi connectivity index (χ1v) is 7.19. The molecule has 0 bridgehead atoms. The van der Waals surface area contributed by atoms with Crippen LogP contribution in [0.1, 0.15) is 31.6 Å². The van der Waals surface area contributed by atoms with Crippen LogP contribution in [-0.2, 0) is 0 Å². The summed E-state index contributed by atoms with van der Waals surface area (Å²) in [6.07, 6.45) is 2.45. The highest BCUT2D eigenvalue weighted by Crippen LogP contribution is 2.38. The number of halogens is 1. The van der Waals surface area contributed by atoms with Gasteiger partial charge in [-0.15, -0.1) is 0 Å². The van der Waals surface area contributed by atoms with Crippen LogP contribution >= 0.6 is 15.9 Å². The van der Waals surface area contributed by atoms with Gasteiger partial charge in [-0.1, -0.05) is 6.92 Å². The fourth-order valence-electron chi connectivity index (χ4n) is 2.84. The maximum Gasteiger partial charge on any atom is 0.169 e. The fourth-order valence-corrected chi connectivity index (χ4v) is 3.16. The molecule has 17 heavy (non-hydrogen) atoms. The van der Waals surface area contributed by atoms with Gasteiger partial charge in [-0.2, -0.15) is 0 Å². The van der Waals surface area contributed by atoms with Crippen molar-refractivity contribution in [2.45, 2.75) is 25.8 Å². The summed E-state index contributed by atoms with van der Waals surface area (Å²) in [7, 11) is 2.03. The summed E-state index contributed by atoms with van der Waals surface area (Å²) >= 11 is 3.40. The Morgan fingerprint density at radius 2 is 2.35 bits per heavy atom. The predicted octanol–water partition coefficient (Wildman–Crippen LogP) is 3.03. The largest absolute Gasteiger partial charge is 0.453 e. The molecule has 3 nitrogen and oxygen atoms in total. The molecule has 2 heterocycles. The molecule has 0 amide bonds. The molecule has 1 fully saturated rings. The van der Waals surface area contributed by atoms with Gasteiger partial charge in [0.05, 0.1) is 6.04 Å². The van der Waals surface area contributed by atoms with Gasteiger partial charge in [0.2, 0.25) is 0 Å². The molecule has 0 aliphatic carbocycles. The second-order valence-corrected chi connectivity index (χ2v) is 5.51. The molecular weight excluding hydrogens is 280 g/mol. The van der Waals surface area contributed by atoms with Crippen molar-refractivity contribution in [3.8, 4) is 0 Å². The Balaban J connectivity index is 2.16. The molecule has 4 heteroatoms. The summed E-state index contributed by atoms with van der Waals surface area (Å²) in [6.45, 7) is 5.64. The van der Waals surface area contributed by atoms with E-state index >= 15 is 0 Å². The minimum atomic E-state index is 0.439. The maximum absolute atomic E-state index is 5.77. The number of hydrogen-bond donors (Lipinski definition) is 1. The normalized spacial score (nSPS) is 25.6. The van der Waals surface area contributed by atoms with Crippen LogP contribution in [-0.4, -0.2) is 31.6 Å². The topological polar surface area (TPSA) is 28.4 Å². The average Bonchev–Trinajstić information content (AvgIpc) is 2.87. The van der Waals surface area contributed by atoms with E-state index in [0.717, 1.165) is 23.5 Å². The van der Waals surface area contributed by atoms with Crippen LogP contribution in [0, 0.1) is 5.92 Å². The van der Waals surface area contributed by atoms with Gasteiger partial charge in [0.15, 0.2) is 4.67 Å². The Morgan fingerprint density at radius 3 is 2.94 bits per heavy atom. The van der Waals surface area contributed by atoms with Gasteiger partial charge in [-0.25, -0.2) is 0 Å². The average molecular weight is 301 g/mol. The Kier molecular flexibility index (Phi) is 4.65. The van der Waals surface area contributed by atoms with E-state index in [1.54, 1.807) is 0 Å². The quantitative estimate of drug-likeness (QED) is 0.906. The summed E-state index contributed by atoms with van der Waals surface area (Å²) in [5.74, 6) is 1.76. The van der Waals surface area contributed by atoms with Gasteiger partial charge in [0, 0.05) is 0 Å². The Hall–Kier alpha value is -0.320. The highest BCUT2D eigenvalue weighted by atomic mass is 79.9. The standard InChI is InChI=1S/C13H21BrN2O/c1-3-7-16-8-6-10(9-15-2)13(16)11-4-5-12(14)17-11/h4-5,10,13,15H,3,6-9H2,1-2H3. The van der Waals surface area contributed by atoms with E-state index in [-0.39, 0.29) is 0 Å². The summed E-state index contributed by atoms with van der Waals surface area (Å²) in [4.78, 5) is 2.55. The maximum atomic E-state index is 5.77. The SMILES string of the molecule is CCCN1CCC(CNC)C1c1ccc(Br)o1. The highest BCUT2D eigenvalue weighted by molar-refractivity contribution is 9.10. The predicted molar refractivity (Wildman–Crippen MR) is 73.0 cm³/mol. The summed E-state index contributed by atoms with van der Waals surface area (Å²) < 4.78 is 6.60. The van der Waals surface area contributed by atoms with Crippen molar-refractivity contribution in [3.05, 3.63) is 22.6 Å². The zero-order valence-corrected chi connectivity index (χ0v) is 12.2. The molecule has 1 aromatic rings. The van der Waals surface area contributed by atoms with Crippen molar-refractivity contribution in [2.75, 3.05) is 26.7 Å². The first-order valence-electron chi connectivity index (χ1n) is 6.40. The van der Waals surface area contributed by atoms with Crippen molar-refractivity contribution in [1.29, 1.82) is 0 Å². The van der Waals surface area contributed by atoms with E-state index in [1.165, 1.54) is 19.4 Å². The Bertz CT molecular complexity index is 339. The van der Waals surface area contributed by atoms with Gasteiger partial charge in [0.1, 0.15) is 5.76 Å². The number of hydrogen-bond acceptors (Lipinski definition) is 3. The van der Waals surface area contributed by atoms with Crippen LogP contribution in [0.2, 0.25) is 0 Å². The van der Waals surface area contributed by atoms with Crippen molar-refractivity contribution >= 4 is 15.9 Å². The summed E-state index contributed by atoms with van der Waals surface area (Å²) in [5, 5.41) is 3.30. The second kappa shape index (κ2) is 6.03. The lowest BCUT2D eigenvalue weighted by Crippen LogP contribution is -2.29. The van der Waals surface area contributed by atoms with E-state index in [2.05, 4.69) is 39.1 Å². The van der Waals surface area contributed by atoms with Gasteiger partial charge in [-0.3, -0.25) is 4.90 Å². The molecule has 1 N–H and O–H groups in total. The van der Waals surface area contributed by atoms with Crippen molar-refractivity contribution in [2.24, 2.45) is 5.92 Å². The van der Waals surface area contributed by atoms with Crippen LogP contribution < -0.4 is 5.32 Å². The van der Waals surface area contributed by atoms with Crippen LogP contribution in [0.25, 0.3) is 0 Å². The molecule has 2 unspecified atom stereocenters. The van der Waals surface area contributed by atoms with E-state index < -0.39 is 0 Å². The zero-order valence-electron chi connectivity index (χ0n) is 10.6. The molecule has 1 aromatic heterocycles. The summed E-state index contributed by atoms with van der Waals surface area (Å²) in [5.41, 5.74) is 0. The third-order valence-corrected chi connectivity index (χ3v) is 3.92. The monoisotopic (exact) mass is 300 g/mol. The van der Waals surface area contributed by atoms with Crippen molar-refractivity contribution in [3.63, 3.8) is 0 Å². The molecule has 1 saturated heterocycles. The number of nitrogens with zero attached hydrogens (tertiary/aromatic N) is 1. The van der Waals surface area contributed by atoms with Gasteiger partial charge < -0.3 is 9.73 Å². The molecule has 0 radical (unpaired) electrons. The smallest absolute Gasteiger partial charge is 0.169 e. The molecule has 1 aliphatic rings. The third-order valence-electron chi connectivity index (χ3n) is 3.49. The van der Waals surface area contributed by atoms with Gasteiger partial charge in [-0.05, 0) is 73.5 Å². The lowest BCUT2D eigenvalue weighted by Gasteiger charge is -2.26. The van der Waals surface area contributed by atoms with Crippen molar-refractivity contribution < 1.29 is 4.42 Å². The van der Waals surface area contributed by atoms with Crippen LogP contribution in [0.5, 0.6) is 0 Å². The zero-order chi connectivity index (χ0) is 12.3. The Labute approximate surface area is 112 Å². The minimum absolute atomic E-state index is 0.439. The number of rotatable bonds is 5. The molecule has 0 spiro atoms. The molecule has 1 aliphatic heterocycles. The number of likely N-dealkylation sites (tertiary alicyclic amines) is 1. The number of nitrogens with one attached hydrogen (secondary N) is 1. The van der Waals surface area contributed by atoms with Crippen LogP contribution in [0.3, 0.4) is 0 Å². The number of furan rings is 1. The molecule has 2 rings (SSSR count). The second-order valence-electron chi connectivity index (χ2n) is 4.73. The van der Waals surface area contributed by atoms with E-state index in [4.69, 9.17) is 4.42 Å². The molecule has 0 saturated carbocycles. The molecule has 2 atom stereocenters. The molecular formula is C13H21BrN2O. The van der Waals surface area contributed by atoms with E-state index in [0.29, 0.717) is 12.0 Å². The van der Waals surface area contributed by atoms with Crippen LogP contribution in [0.4, 0.5) is 0 Å². The molecule has 0 aromatic carbocycles. The third kappa shape index (κ3) is 2.92. The van der Waals surface area contributed by atoms with Crippen LogP contribution in [0.15, 0.2) is 21.2 Å². The van der Waals surface area contributed by atoms with E-state index in [1.807, 2.05) is 13.1 Å². The van der Waals surface area contributed by atoms with Gasteiger partial charge in [0.25, 0.3) is 0 Å². The van der Waals surface area contributed by atoms with Crippen molar-refractivity contribution in [1.82, 2.24) is 10.2 Å². The van der Waals surface area contributed by atoms with E-state index in [9.17, 15) is 0 Å². The summed E-state index contributed by atoms with van der Waals surface area (Å²) in [6, 6.07) is 4.54. The lowest BCUT2D eigenvalue weighted by atomic mass is 9.98. The Morgan fingerprint density at radius 1 is 1.53 bits per heavy atom. The highest BCUT2D eigenvalue weighted by Gasteiger charge is 2.36. The first-order chi connectivity index (χ1) is 8.26. The fraction of sp³-hybridized carbons (Fsp3) is 0.692.